The Hall–Kier alpha value is -1.31. The fraction of sp³-hybridized carbons (Fsp3) is 0.286. The van der Waals surface area contributed by atoms with E-state index in [2.05, 4.69) is 15.1 Å². The summed E-state index contributed by atoms with van der Waals surface area (Å²) >= 11 is 1.40. The van der Waals surface area contributed by atoms with Crippen LogP contribution in [-0.4, -0.2) is 26.8 Å². The fourth-order valence-electron chi connectivity index (χ4n) is 0.889. The van der Waals surface area contributed by atoms with Gasteiger partial charge in [0.2, 0.25) is 0 Å². The van der Waals surface area contributed by atoms with Crippen molar-refractivity contribution in [1.29, 1.82) is 0 Å². The predicted molar refractivity (Wildman–Crippen MR) is 49.4 cm³/mol. The lowest BCUT2D eigenvalue weighted by atomic mass is 10.3. The van der Waals surface area contributed by atoms with Gasteiger partial charge in [-0.1, -0.05) is 5.16 Å². The molecule has 2 aromatic rings. The topological polar surface area (TPSA) is 98.1 Å². The minimum absolute atomic E-state index is 0.207. The summed E-state index contributed by atoms with van der Waals surface area (Å²) in [5.41, 5.74) is 7.19. The van der Waals surface area contributed by atoms with Gasteiger partial charge in [0.05, 0.1) is 24.4 Å². The summed E-state index contributed by atoms with van der Waals surface area (Å²) in [5.74, 6) is 0.683. The van der Waals surface area contributed by atoms with E-state index in [4.69, 9.17) is 15.4 Å². The maximum Gasteiger partial charge on any atom is 0.269 e. The van der Waals surface area contributed by atoms with Gasteiger partial charge in [0.1, 0.15) is 4.88 Å². The SMILES string of the molecule is NC(CO)c1noc(-c2cncs2)n1. The first kappa shape index (κ1) is 9.25. The van der Waals surface area contributed by atoms with Crippen molar-refractivity contribution in [3.8, 4) is 10.8 Å². The molecule has 0 aliphatic carbocycles. The number of aliphatic hydroxyl groups excluding tert-OH is 1. The molecule has 0 fully saturated rings. The van der Waals surface area contributed by atoms with Crippen molar-refractivity contribution < 1.29 is 9.63 Å². The molecule has 1 atom stereocenters. The Bertz CT molecular complexity index is 399. The molecule has 3 N–H and O–H groups in total. The number of thiazole rings is 1. The van der Waals surface area contributed by atoms with Crippen molar-refractivity contribution in [2.24, 2.45) is 5.73 Å². The van der Waals surface area contributed by atoms with Crippen LogP contribution in [0.1, 0.15) is 11.9 Å². The lowest BCUT2D eigenvalue weighted by molar-refractivity contribution is 0.260. The summed E-state index contributed by atoms with van der Waals surface area (Å²) < 4.78 is 4.95. The highest BCUT2D eigenvalue weighted by molar-refractivity contribution is 7.13. The summed E-state index contributed by atoms with van der Waals surface area (Å²) in [4.78, 5) is 8.70. The minimum Gasteiger partial charge on any atom is -0.394 e. The zero-order valence-electron chi connectivity index (χ0n) is 7.12. The molecule has 2 rings (SSSR count). The van der Waals surface area contributed by atoms with Gasteiger partial charge in [-0.3, -0.25) is 4.98 Å². The van der Waals surface area contributed by atoms with E-state index in [1.165, 1.54) is 11.3 Å². The first-order valence-corrected chi connectivity index (χ1v) is 4.78. The van der Waals surface area contributed by atoms with Gasteiger partial charge in [0.25, 0.3) is 5.89 Å². The van der Waals surface area contributed by atoms with E-state index in [0.29, 0.717) is 11.7 Å². The van der Waals surface area contributed by atoms with Crippen LogP contribution in [0.3, 0.4) is 0 Å². The van der Waals surface area contributed by atoms with Gasteiger partial charge >= 0.3 is 0 Å². The molecule has 0 amide bonds. The number of rotatable bonds is 3. The molecule has 0 spiro atoms. The van der Waals surface area contributed by atoms with E-state index in [0.717, 1.165) is 4.88 Å². The van der Waals surface area contributed by atoms with E-state index >= 15 is 0 Å². The standard InChI is InChI=1S/C7H8N4O2S/c8-4(2-12)6-10-7(13-11-6)5-1-9-3-14-5/h1,3-4,12H,2,8H2. The van der Waals surface area contributed by atoms with Crippen molar-refractivity contribution in [2.45, 2.75) is 6.04 Å². The van der Waals surface area contributed by atoms with Crippen molar-refractivity contribution in [3.05, 3.63) is 17.5 Å². The molecule has 0 saturated carbocycles. The smallest absolute Gasteiger partial charge is 0.269 e. The molecular formula is C7H8N4O2S. The van der Waals surface area contributed by atoms with Crippen molar-refractivity contribution in [3.63, 3.8) is 0 Å². The third-order valence-electron chi connectivity index (χ3n) is 1.61. The number of aromatic nitrogens is 3. The van der Waals surface area contributed by atoms with Crippen LogP contribution in [-0.2, 0) is 0 Å². The Morgan fingerprint density at radius 3 is 3.14 bits per heavy atom. The van der Waals surface area contributed by atoms with Crippen LogP contribution in [0.25, 0.3) is 10.8 Å². The lowest BCUT2D eigenvalue weighted by Gasteiger charge is -1.98. The fourth-order valence-corrected chi connectivity index (χ4v) is 1.43. The van der Waals surface area contributed by atoms with E-state index in [9.17, 15) is 0 Å². The quantitative estimate of drug-likeness (QED) is 0.753. The summed E-state index contributed by atoms with van der Waals surface area (Å²) in [6.07, 6.45) is 1.63. The van der Waals surface area contributed by atoms with Crippen molar-refractivity contribution in [1.82, 2.24) is 15.1 Å². The highest BCUT2D eigenvalue weighted by atomic mass is 32.1. The van der Waals surface area contributed by atoms with Crippen LogP contribution in [0.4, 0.5) is 0 Å². The monoisotopic (exact) mass is 212 g/mol. The van der Waals surface area contributed by atoms with Crippen molar-refractivity contribution in [2.75, 3.05) is 6.61 Å². The average molecular weight is 212 g/mol. The summed E-state index contributed by atoms with van der Waals surface area (Å²) in [5, 5.41) is 12.4. The Balaban J connectivity index is 2.26. The second-order valence-corrected chi connectivity index (χ2v) is 3.50. The number of nitrogens with zero attached hydrogens (tertiary/aromatic N) is 3. The molecule has 0 radical (unpaired) electrons. The maximum absolute atomic E-state index is 8.77. The number of aliphatic hydroxyl groups is 1. The first-order chi connectivity index (χ1) is 6.81. The molecule has 2 aromatic heterocycles. The van der Waals surface area contributed by atoms with Gasteiger partial charge in [0, 0.05) is 0 Å². The van der Waals surface area contributed by atoms with Crippen LogP contribution in [0, 0.1) is 0 Å². The second kappa shape index (κ2) is 3.82. The Morgan fingerprint density at radius 1 is 1.64 bits per heavy atom. The second-order valence-electron chi connectivity index (χ2n) is 2.61. The van der Waals surface area contributed by atoms with Crippen LogP contribution >= 0.6 is 11.3 Å². The molecule has 7 heteroatoms. The third-order valence-corrected chi connectivity index (χ3v) is 2.37. The molecule has 74 valence electrons. The van der Waals surface area contributed by atoms with Crippen molar-refractivity contribution >= 4 is 11.3 Å². The number of hydrogen-bond donors (Lipinski definition) is 2. The predicted octanol–water partition coefficient (Wildman–Crippen LogP) is 0.185. The minimum atomic E-state index is -0.597. The Kier molecular flexibility index (Phi) is 2.53. The van der Waals surface area contributed by atoms with Crippen LogP contribution in [0.5, 0.6) is 0 Å². The maximum atomic E-state index is 8.77. The highest BCUT2D eigenvalue weighted by Gasteiger charge is 2.14. The summed E-state index contributed by atoms with van der Waals surface area (Å²) in [6, 6.07) is -0.597. The Labute approximate surface area is 83.4 Å². The zero-order valence-corrected chi connectivity index (χ0v) is 7.94. The number of nitrogens with two attached hydrogens (primary N) is 1. The summed E-state index contributed by atoms with van der Waals surface area (Å²) in [7, 11) is 0. The zero-order chi connectivity index (χ0) is 9.97. The number of hydrogen-bond acceptors (Lipinski definition) is 7. The van der Waals surface area contributed by atoms with Gasteiger partial charge in [-0.25, -0.2) is 0 Å². The molecule has 2 heterocycles. The third kappa shape index (κ3) is 1.65. The molecule has 0 aromatic carbocycles. The van der Waals surface area contributed by atoms with E-state index in [1.807, 2.05) is 0 Å². The first-order valence-electron chi connectivity index (χ1n) is 3.90. The molecule has 1 unspecified atom stereocenters. The van der Waals surface area contributed by atoms with Gasteiger partial charge in [0.15, 0.2) is 5.82 Å². The largest absolute Gasteiger partial charge is 0.394 e. The Morgan fingerprint density at radius 2 is 2.50 bits per heavy atom. The molecule has 0 aliphatic heterocycles. The molecule has 0 aliphatic rings. The van der Waals surface area contributed by atoms with E-state index in [-0.39, 0.29) is 6.61 Å². The van der Waals surface area contributed by atoms with Gasteiger partial charge in [-0.15, -0.1) is 11.3 Å². The van der Waals surface area contributed by atoms with E-state index < -0.39 is 6.04 Å². The average Bonchev–Trinajstić information content (AvgIpc) is 2.86. The molecular weight excluding hydrogens is 204 g/mol. The highest BCUT2D eigenvalue weighted by Crippen LogP contribution is 2.21. The molecule has 0 saturated heterocycles. The molecule has 14 heavy (non-hydrogen) atoms. The molecule has 0 bridgehead atoms. The lowest BCUT2D eigenvalue weighted by Crippen LogP contribution is -2.15. The van der Waals surface area contributed by atoms with Gasteiger partial charge < -0.3 is 15.4 Å². The van der Waals surface area contributed by atoms with Crippen LogP contribution in [0.2, 0.25) is 0 Å². The van der Waals surface area contributed by atoms with E-state index in [1.54, 1.807) is 11.7 Å². The normalized spacial score (nSPS) is 13.0. The van der Waals surface area contributed by atoms with Crippen LogP contribution in [0.15, 0.2) is 16.2 Å². The molecule has 6 nitrogen and oxygen atoms in total. The van der Waals surface area contributed by atoms with Gasteiger partial charge in [-0.2, -0.15) is 4.98 Å². The van der Waals surface area contributed by atoms with Crippen LogP contribution < -0.4 is 5.73 Å². The van der Waals surface area contributed by atoms with Gasteiger partial charge in [-0.05, 0) is 0 Å². The summed E-state index contributed by atoms with van der Waals surface area (Å²) in [6.45, 7) is -0.207.